The highest BCUT2D eigenvalue weighted by Crippen LogP contribution is 2.17. The lowest BCUT2D eigenvalue weighted by Gasteiger charge is -2.24. The average Bonchev–Trinajstić information content (AvgIpc) is 2.54. The number of nitrogens with zero attached hydrogens (tertiary/aromatic N) is 1. The predicted molar refractivity (Wildman–Crippen MR) is 96.4 cm³/mol. The number of benzene rings is 1. The summed E-state index contributed by atoms with van der Waals surface area (Å²) in [6.07, 6.45) is 1.52. The van der Waals surface area contributed by atoms with Gasteiger partial charge in [-0.15, -0.1) is 0 Å². The van der Waals surface area contributed by atoms with Gasteiger partial charge in [0.05, 0.1) is 4.90 Å². The number of hydrogen-bond donors (Lipinski definition) is 2. The van der Waals surface area contributed by atoms with Crippen molar-refractivity contribution in [1.29, 1.82) is 0 Å². The van der Waals surface area contributed by atoms with Gasteiger partial charge in [-0.1, -0.05) is 13.8 Å². The minimum absolute atomic E-state index is 0.207. The van der Waals surface area contributed by atoms with Crippen molar-refractivity contribution >= 4 is 15.9 Å². The Morgan fingerprint density at radius 2 is 1.62 bits per heavy atom. The van der Waals surface area contributed by atoms with E-state index in [2.05, 4.69) is 5.32 Å². The molecule has 1 amide bonds. The lowest BCUT2D eigenvalue weighted by molar-refractivity contribution is 0.0915. The lowest BCUT2D eigenvalue weighted by atomic mass is 10.1. The molecule has 136 valence electrons. The number of hydrogen-bond acceptors (Lipinski definition) is 4. The molecule has 0 bridgehead atoms. The van der Waals surface area contributed by atoms with E-state index >= 15 is 0 Å². The number of carbonyl (C=O) groups excluding carboxylic acids is 1. The van der Waals surface area contributed by atoms with Crippen molar-refractivity contribution in [3.63, 3.8) is 0 Å². The zero-order valence-electron chi connectivity index (χ0n) is 15.0. The summed E-state index contributed by atoms with van der Waals surface area (Å²) in [6.45, 7) is 8.85. The van der Waals surface area contributed by atoms with Crippen LogP contribution in [0.2, 0.25) is 0 Å². The smallest absolute Gasteiger partial charge is 0.251 e. The Bertz CT molecular complexity index is 634. The van der Waals surface area contributed by atoms with E-state index in [-0.39, 0.29) is 10.8 Å². The van der Waals surface area contributed by atoms with Crippen LogP contribution in [0.1, 0.15) is 50.9 Å². The normalized spacial score (nSPS) is 12.4. The Morgan fingerprint density at radius 1 is 1.12 bits per heavy atom. The van der Waals surface area contributed by atoms with E-state index in [1.54, 1.807) is 0 Å². The summed E-state index contributed by atoms with van der Waals surface area (Å²) in [5, 5.41) is 2.82. The fraction of sp³-hybridized carbons (Fsp3) is 0.588. The van der Waals surface area contributed by atoms with Crippen molar-refractivity contribution in [1.82, 2.24) is 9.62 Å². The predicted octanol–water partition coefficient (Wildman–Crippen LogP) is 1.96. The van der Waals surface area contributed by atoms with Gasteiger partial charge < -0.3 is 11.1 Å². The molecule has 0 heterocycles. The van der Waals surface area contributed by atoms with Crippen molar-refractivity contribution < 1.29 is 13.2 Å². The Morgan fingerprint density at radius 3 is 2.04 bits per heavy atom. The van der Waals surface area contributed by atoms with Crippen LogP contribution in [0, 0.1) is 0 Å². The first kappa shape index (κ1) is 20.6. The summed E-state index contributed by atoms with van der Waals surface area (Å²) in [7, 11) is -3.53. The van der Waals surface area contributed by atoms with E-state index < -0.39 is 15.6 Å². The maximum absolute atomic E-state index is 12.7. The van der Waals surface area contributed by atoms with Crippen molar-refractivity contribution in [3.05, 3.63) is 29.8 Å². The zero-order valence-corrected chi connectivity index (χ0v) is 15.8. The molecule has 0 aliphatic rings. The molecular formula is C17H29N3O3S. The van der Waals surface area contributed by atoms with E-state index in [4.69, 9.17) is 5.73 Å². The zero-order chi connectivity index (χ0) is 18.4. The molecule has 1 aromatic carbocycles. The van der Waals surface area contributed by atoms with Crippen LogP contribution in [0.25, 0.3) is 0 Å². The van der Waals surface area contributed by atoms with Crippen LogP contribution in [0.4, 0.5) is 0 Å². The fourth-order valence-corrected chi connectivity index (χ4v) is 3.83. The monoisotopic (exact) mass is 355 g/mol. The van der Waals surface area contributed by atoms with Crippen LogP contribution in [-0.2, 0) is 10.0 Å². The third-order valence-corrected chi connectivity index (χ3v) is 5.58. The van der Waals surface area contributed by atoms with Gasteiger partial charge in [-0.2, -0.15) is 4.31 Å². The number of sulfonamides is 1. The molecule has 0 saturated heterocycles. The van der Waals surface area contributed by atoms with Gasteiger partial charge in [-0.05, 0) is 51.0 Å². The molecule has 0 spiro atoms. The van der Waals surface area contributed by atoms with Crippen molar-refractivity contribution in [2.45, 2.75) is 51.0 Å². The summed E-state index contributed by atoms with van der Waals surface area (Å²) in [5.41, 5.74) is 5.50. The lowest BCUT2D eigenvalue weighted by Crippen LogP contribution is -2.48. The minimum Gasteiger partial charge on any atom is -0.346 e. The first-order valence-corrected chi connectivity index (χ1v) is 9.74. The fourth-order valence-electron chi connectivity index (χ4n) is 2.21. The Hall–Kier alpha value is -1.44. The maximum atomic E-state index is 12.7. The molecule has 0 aromatic heterocycles. The van der Waals surface area contributed by atoms with E-state index in [0.29, 0.717) is 25.2 Å². The summed E-state index contributed by atoms with van der Waals surface area (Å²) in [5.74, 6) is -0.270. The molecule has 0 atom stereocenters. The standard InChI is InChI=1S/C17H29N3O3S/c1-5-11-20(12-6-2)24(22,23)15-9-7-14(8-10-15)16(21)19-17(3,4)13-18/h7-10H,5-6,11-13,18H2,1-4H3,(H,19,21). The van der Waals surface area contributed by atoms with E-state index in [1.807, 2.05) is 27.7 Å². The Balaban J connectivity index is 2.99. The molecule has 3 N–H and O–H groups in total. The van der Waals surface area contributed by atoms with Crippen LogP contribution < -0.4 is 11.1 Å². The van der Waals surface area contributed by atoms with Gasteiger partial charge in [-0.3, -0.25) is 4.79 Å². The molecule has 0 saturated carbocycles. The molecule has 1 rings (SSSR count). The van der Waals surface area contributed by atoms with Crippen LogP contribution in [0.5, 0.6) is 0 Å². The van der Waals surface area contributed by atoms with Gasteiger partial charge >= 0.3 is 0 Å². The summed E-state index contributed by atoms with van der Waals surface area (Å²) < 4.78 is 26.8. The molecule has 0 radical (unpaired) electrons. The van der Waals surface area contributed by atoms with Crippen molar-refractivity contribution in [2.24, 2.45) is 5.73 Å². The average molecular weight is 356 g/mol. The van der Waals surface area contributed by atoms with E-state index in [0.717, 1.165) is 12.8 Å². The largest absolute Gasteiger partial charge is 0.346 e. The van der Waals surface area contributed by atoms with Gasteiger partial charge in [0.25, 0.3) is 5.91 Å². The van der Waals surface area contributed by atoms with E-state index in [1.165, 1.54) is 28.6 Å². The third kappa shape index (κ3) is 5.29. The quantitative estimate of drug-likeness (QED) is 0.708. The second-order valence-electron chi connectivity index (χ2n) is 6.47. The second kappa shape index (κ2) is 8.60. The van der Waals surface area contributed by atoms with Gasteiger partial charge in [0, 0.05) is 30.7 Å². The van der Waals surface area contributed by atoms with Crippen molar-refractivity contribution in [3.8, 4) is 0 Å². The highest BCUT2D eigenvalue weighted by Gasteiger charge is 2.24. The summed E-state index contributed by atoms with van der Waals surface area (Å²) in [6, 6.07) is 6.03. The number of carbonyl (C=O) groups is 1. The van der Waals surface area contributed by atoms with E-state index in [9.17, 15) is 13.2 Å². The van der Waals surface area contributed by atoms with Gasteiger partial charge in [0.15, 0.2) is 0 Å². The summed E-state index contributed by atoms with van der Waals surface area (Å²) in [4.78, 5) is 12.4. The molecule has 24 heavy (non-hydrogen) atoms. The van der Waals surface area contributed by atoms with Crippen LogP contribution in [0.15, 0.2) is 29.2 Å². The Kier molecular flexibility index (Phi) is 7.38. The molecule has 0 aliphatic carbocycles. The molecule has 0 unspecified atom stereocenters. The molecular weight excluding hydrogens is 326 g/mol. The molecule has 1 aromatic rings. The highest BCUT2D eigenvalue weighted by atomic mass is 32.2. The number of rotatable bonds is 9. The molecule has 0 fully saturated rings. The molecule has 0 aliphatic heterocycles. The van der Waals surface area contributed by atoms with Crippen LogP contribution in [0.3, 0.4) is 0 Å². The van der Waals surface area contributed by atoms with Crippen LogP contribution >= 0.6 is 0 Å². The number of amides is 1. The van der Waals surface area contributed by atoms with Crippen molar-refractivity contribution in [2.75, 3.05) is 19.6 Å². The second-order valence-corrected chi connectivity index (χ2v) is 8.41. The third-order valence-electron chi connectivity index (χ3n) is 3.66. The topological polar surface area (TPSA) is 92.5 Å². The minimum atomic E-state index is -3.53. The molecule has 7 heteroatoms. The van der Waals surface area contributed by atoms with Gasteiger partial charge in [-0.25, -0.2) is 8.42 Å². The first-order valence-electron chi connectivity index (χ1n) is 8.30. The SMILES string of the molecule is CCCN(CCC)S(=O)(=O)c1ccc(C(=O)NC(C)(C)CN)cc1. The molecule has 6 nitrogen and oxygen atoms in total. The number of nitrogens with two attached hydrogens (primary N) is 1. The van der Waals surface area contributed by atoms with Gasteiger partial charge in [0.1, 0.15) is 0 Å². The summed E-state index contributed by atoms with van der Waals surface area (Å²) >= 11 is 0. The van der Waals surface area contributed by atoms with Crippen LogP contribution in [-0.4, -0.2) is 43.8 Å². The van der Waals surface area contributed by atoms with Gasteiger partial charge in [0.2, 0.25) is 10.0 Å². The highest BCUT2D eigenvalue weighted by molar-refractivity contribution is 7.89. The Labute approximate surface area is 145 Å². The maximum Gasteiger partial charge on any atom is 0.251 e. The first-order chi connectivity index (χ1) is 11.2. The number of nitrogens with one attached hydrogen (secondary N) is 1.